The first-order valence-electron chi connectivity index (χ1n) is 8.86. The zero-order valence-corrected chi connectivity index (χ0v) is 16.0. The Labute approximate surface area is 169 Å². The molecule has 2 heterocycles. The van der Waals surface area contributed by atoms with Crippen LogP contribution in [0.2, 0.25) is 5.02 Å². The molecule has 0 saturated carbocycles. The molecule has 148 valence electrons. The Morgan fingerprint density at radius 2 is 1.83 bits per heavy atom. The maximum Gasteiger partial charge on any atom is 0.320 e. The second-order valence-electron chi connectivity index (χ2n) is 6.45. The van der Waals surface area contributed by atoms with E-state index in [1.807, 2.05) is 0 Å². The number of benzene rings is 2. The molecule has 0 spiro atoms. The summed E-state index contributed by atoms with van der Waals surface area (Å²) in [7, 11) is 0. The molecule has 1 unspecified atom stereocenters. The van der Waals surface area contributed by atoms with Crippen LogP contribution < -0.4 is 5.32 Å². The number of hydrogen-bond acceptors (Lipinski definition) is 3. The van der Waals surface area contributed by atoms with Gasteiger partial charge in [0.25, 0.3) is 5.91 Å². The van der Waals surface area contributed by atoms with Crippen molar-refractivity contribution in [2.45, 2.75) is 19.5 Å². The first-order chi connectivity index (χ1) is 14.0. The number of alkyl halides is 2. The predicted octanol–water partition coefficient (Wildman–Crippen LogP) is 5.84. The van der Waals surface area contributed by atoms with Gasteiger partial charge < -0.3 is 9.73 Å². The largest absolute Gasteiger partial charge is 0.451 e. The van der Waals surface area contributed by atoms with E-state index in [4.69, 9.17) is 16.0 Å². The molecular weight excluding hydrogens is 400 g/mol. The molecule has 29 heavy (non-hydrogen) atoms. The highest BCUT2D eigenvalue weighted by Crippen LogP contribution is 2.30. The summed E-state index contributed by atoms with van der Waals surface area (Å²) in [5, 5.41) is 3.16. The molecule has 0 bridgehead atoms. The van der Waals surface area contributed by atoms with Crippen LogP contribution in [0.15, 0.2) is 65.1 Å². The van der Waals surface area contributed by atoms with Crippen molar-refractivity contribution in [3.05, 3.63) is 77.3 Å². The standard InChI is InChI=1S/C21H16ClF2N3O2/c1-12(19-26-15-8-4-5-9-16(15)27(19)21(23)24)25-20(28)18-11-10-17(29-18)13-6-2-3-7-14(13)22/h2-12,21H,1H3,(H,25,28). The zero-order chi connectivity index (χ0) is 20.5. The first kappa shape index (κ1) is 19.1. The van der Waals surface area contributed by atoms with E-state index in [0.29, 0.717) is 27.4 Å². The van der Waals surface area contributed by atoms with Crippen LogP contribution in [-0.2, 0) is 0 Å². The van der Waals surface area contributed by atoms with E-state index < -0.39 is 18.5 Å². The van der Waals surface area contributed by atoms with Crippen molar-refractivity contribution in [2.24, 2.45) is 0 Å². The van der Waals surface area contributed by atoms with Gasteiger partial charge in [0.2, 0.25) is 0 Å². The number of imidazole rings is 1. The van der Waals surface area contributed by atoms with E-state index in [2.05, 4.69) is 10.3 Å². The summed E-state index contributed by atoms with van der Waals surface area (Å²) in [5.74, 6) is 0.0100. The van der Waals surface area contributed by atoms with Crippen LogP contribution in [0.4, 0.5) is 8.78 Å². The second-order valence-corrected chi connectivity index (χ2v) is 6.85. The fourth-order valence-corrected chi connectivity index (χ4v) is 3.40. The van der Waals surface area contributed by atoms with Gasteiger partial charge in [-0.3, -0.25) is 9.36 Å². The van der Waals surface area contributed by atoms with Gasteiger partial charge in [0.05, 0.1) is 22.1 Å². The topological polar surface area (TPSA) is 60.1 Å². The second kappa shape index (κ2) is 7.67. The maximum atomic E-state index is 13.6. The quantitative estimate of drug-likeness (QED) is 0.445. The number of nitrogens with zero attached hydrogens (tertiary/aromatic N) is 2. The van der Waals surface area contributed by atoms with Gasteiger partial charge in [-0.1, -0.05) is 35.9 Å². The van der Waals surface area contributed by atoms with Crippen LogP contribution in [0.5, 0.6) is 0 Å². The Hall–Kier alpha value is -3.19. The summed E-state index contributed by atoms with van der Waals surface area (Å²) in [6, 6.07) is 16.1. The van der Waals surface area contributed by atoms with Crippen molar-refractivity contribution in [2.75, 3.05) is 0 Å². The minimum atomic E-state index is -2.79. The number of hydrogen-bond donors (Lipinski definition) is 1. The number of halogens is 3. The van der Waals surface area contributed by atoms with Crippen molar-refractivity contribution in [3.63, 3.8) is 0 Å². The van der Waals surface area contributed by atoms with Crippen LogP contribution in [0.3, 0.4) is 0 Å². The average Bonchev–Trinajstić information content (AvgIpc) is 3.33. The lowest BCUT2D eigenvalue weighted by Crippen LogP contribution is -2.28. The lowest BCUT2D eigenvalue weighted by molar-refractivity contribution is 0.0686. The van der Waals surface area contributed by atoms with Gasteiger partial charge in [0.1, 0.15) is 11.6 Å². The van der Waals surface area contributed by atoms with Crippen molar-refractivity contribution in [1.82, 2.24) is 14.9 Å². The molecule has 0 saturated heterocycles. The van der Waals surface area contributed by atoms with Crippen LogP contribution >= 0.6 is 11.6 Å². The van der Waals surface area contributed by atoms with E-state index in [-0.39, 0.29) is 11.6 Å². The van der Waals surface area contributed by atoms with Crippen molar-refractivity contribution in [3.8, 4) is 11.3 Å². The Morgan fingerprint density at radius 1 is 1.10 bits per heavy atom. The third-order valence-electron chi connectivity index (χ3n) is 4.52. The molecule has 1 N–H and O–H groups in total. The molecule has 4 aromatic rings. The Bertz CT molecular complexity index is 1190. The molecule has 2 aromatic carbocycles. The van der Waals surface area contributed by atoms with Crippen LogP contribution in [0.25, 0.3) is 22.4 Å². The van der Waals surface area contributed by atoms with Gasteiger partial charge in [0, 0.05) is 5.56 Å². The lowest BCUT2D eigenvalue weighted by Gasteiger charge is -2.15. The number of rotatable bonds is 5. The molecule has 0 aliphatic heterocycles. The highest BCUT2D eigenvalue weighted by molar-refractivity contribution is 6.33. The Morgan fingerprint density at radius 3 is 2.59 bits per heavy atom. The third-order valence-corrected chi connectivity index (χ3v) is 4.85. The highest BCUT2D eigenvalue weighted by Gasteiger charge is 2.24. The summed E-state index contributed by atoms with van der Waals surface area (Å²) >= 11 is 6.16. The monoisotopic (exact) mass is 415 g/mol. The molecule has 0 radical (unpaired) electrons. The summed E-state index contributed by atoms with van der Waals surface area (Å²) in [5.41, 5.74) is 1.39. The molecule has 0 aliphatic rings. The molecule has 1 amide bonds. The Kier molecular flexibility index (Phi) is 5.07. The number of aromatic nitrogens is 2. The molecule has 5 nitrogen and oxygen atoms in total. The summed E-state index contributed by atoms with van der Waals surface area (Å²) in [6.07, 6.45) is 0. The van der Waals surface area contributed by atoms with Gasteiger partial charge in [-0.25, -0.2) is 4.98 Å². The highest BCUT2D eigenvalue weighted by atomic mass is 35.5. The van der Waals surface area contributed by atoms with Gasteiger partial charge in [-0.2, -0.15) is 8.78 Å². The number of fused-ring (bicyclic) bond motifs is 1. The van der Waals surface area contributed by atoms with Crippen molar-refractivity contribution in [1.29, 1.82) is 0 Å². The summed E-state index contributed by atoms with van der Waals surface area (Å²) in [6.45, 7) is -1.19. The minimum Gasteiger partial charge on any atom is -0.451 e. The molecule has 8 heteroatoms. The van der Waals surface area contributed by atoms with Gasteiger partial charge in [-0.15, -0.1) is 0 Å². The smallest absolute Gasteiger partial charge is 0.320 e. The van der Waals surface area contributed by atoms with E-state index in [9.17, 15) is 13.6 Å². The normalized spacial score (nSPS) is 12.4. The number of amides is 1. The van der Waals surface area contributed by atoms with Gasteiger partial charge >= 0.3 is 6.55 Å². The lowest BCUT2D eigenvalue weighted by atomic mass is 10.2. The Balaban J connectivity index is 1.59. The van der Waals surface area contributed by atoms with Gasteiger partial charge in [0.15, 0.2) is 5.76 Å². The fourth-order valence-electron chi connectivity index (χ4n) is 3.17. The molecular formula is C21H16ClF2N3O2. The number of nitrogens with one attached hydrogen (secondary N) is 1. The van der Waals surface area contributed by atoms with E-state index >= 15 is 0 Å². The molecule has 1 atom stereocenters. The van der Waals surface area contributed by atoms with Crippen molar-refractivity contribution < 1.29 is 18.0 Å². The molecule has 2 aromatic heterocycles. The summed E-state index contributed by atoms with van der Waals surface area (Å²) in [4.78, 5) is 16.9. The minimum absolute atomic E-state index is 0.0477. The first-order valence-corrected chi connectivity index (χ1v) is 9.24. The number of furan rings is 1. The predicted molar refractivity (Wildman–Crippen MR) is 106 cm³/mol. The summed E-state index contributed by atoms with van der Waals surface area (Å²) < 4.78 is 33.7. The fraction of sp³-hybridized carbons (Fsp3) is 0.143. The number of carbonyl (C=O) groups excluding carboxylic acids is 1. The van der Waals surface area contributed by atoms with Crippen LogP contribution in [0, 0.1) is 0 Å². The number of para-hydroxylation sites is 2. The van der Waals surface area contributed by atoms with Crippen LogP contribution in [-0.4, -0.2) is 15.5 Å². The maximum absolute atomic E-state index is 13.6. The SMILES string of the molecule is CC(NC(=O)c1ccc(-c2ccccc2Cl)o1)c1nc2ccccc2n1C(F)F. The van der Waals surface area contributed by atoms with Gasteiger partial charge in [-0.05, 0) is 43.3 Å². The molecule has 4 rings (SSSR count). The van der Waals surface area contributed by atoms with Crippen molar-refractivity contribution >= 4 is 28.5 Å². The van der Waals surface area contributed by atoms with E-state index in [1.165, 1.54) is 6.07 Å². The zero-order valence-electron chi connectivity index (χ0n) is 15.3. The average molecular weight is 416 g/mol. The molecule has 0 aliphatic carbocycles. The van der Waals surface area contributed by atoms with Crippen LogP contribution in [0.1, 0.15) is 35.9 Å². The van der Waals surface area contributed by atoms with E-state index in [0.717, 1.165) is 4.57 Å². The third kappa shape index (κ3) is 3.61. The van der Waals surface area contributed by atoms with E-state index in [1.54, 1.807) is 61.5 Å². The number of carbonyl (C=O) groups is 1. The molecule has 0 fully saturated rings.